The van der Waals surface area contributed by atoms with Gasteiger partial charge in [0.1, 0.15) is 24.2 Å². The summed E-state index contributed by atoms with van der Waals surface area (Å²) < 4.78 is 5.90. The number of quaternary nitrogens is 1. The molecule has 0 spiro atoms. The van der Waals surface area contributed by atoms with Crippen LogP contribution in [0.3, 0.4) is 0 Å². The van der Waals surface area contributed by atoms with Crippen LogP contribution < -0.4 is 9.64 Å². The molecule has 0 aliphatic carbocycles. The second-order valence-corrected chi connectivity index (χ2v) is 9.55. The van der Waals surface area contributed by atoms with E-state index in [4.69, 9.17) is 4.74 Å². The number of aryl methyl sites for hydroxylation is 1. The highest BCUT2D eigenvalue weighted by atomic mass is 16.5. The number of aromatic hydroxyl groups is 1. The summed E-state index contributed by atoms with van der Waals surface area (Å²) in [5.41, 5.74) is 3.16. The van der Waals surface area contributed by atoms with E-state index in [1.165, 1.54) is 0 Å². The third-order valence-electron chi connectivity index (χ3n) is 6.77. The number of nitrogens with one attached hydrogen (secondary N) is 1. The second kappa shape index (κ2) is 13.4. The standard InChI is InChI=1S/C28H40N2O4/c1-3-5-7-9-23(25(31)10-8-6-4-2)26(32)13-11-21-12-14-27(33)28(17-21)34-20-30-18-22-15-16-29-24(22)19-30/h12,14-18,23,25,31,33H,3-11,13,19-20H2,1-2H3/p+1. The maximum absolute atomic E-state index is 13.1. The fraction of sp³-hybridized carbons (Fsp3) is 0.571. The molecular formula is C28H41N2O4+. The minimum atomic E-state index is -0.550. The van der Waals surface area contributed by atoms with Gasteiger partial charge in [-0.25, -0.2) is 0 Å². The van der Waals surface area contributed by atoms with Crippen LogP contribution in [0.15, 0.2) is 47.2 Å². The maximum Gasteiger partial charge on any atom is 0.227 e. The zero-order valence-corrected chi connectivity index (χ0v) is 20.8. The number of Topliss-reactive ketones (excluding diaryl/α,β-unsaturated/α-hetero) is 1. The van der Waals surface area contributed by atoms with Crippen molar-refractivity contribution in [2.45, 2.75) is 84.2 Å². The normalized spacial score (nSPS) is 18.4. The molecular weight excluding hydrogens is 428 g/mol. The Kier molecular flexibility index (Phi) is 10.4. The first-order chi connectivity index (χ1) is 16.5. The Labute approximate surface area is 204 Å². The molecule has 6 nitrogen and oxygen atoms in total. The van der Waals surface area contributed by atoms with Crippen LogP contribution in [0.5, 0.6) is 11.5 Å². The first-order valence-corrected chi connectivity index (χ1v) is 13.0. The summed E-state index contributed by atoms with van der Waals surface area (Å²) >= 11 is 0. The number of rotatable bonds is 16. The SMILES string of the molecule is CCCCCC(O)C(CCCCC)C(=O)CCc1ccc(O)c(OC[NH+]2C=C3C=CN=C3C2)c1. The molecule has 0 saturated carbocycles. The van der Waals surface area contributed by atoms with Crippen molar-refractivity contribution < 1.29 is 24.6 Å². The topological polar surface area (TPSA) is 83.6 Å². The molecule has 2 aliphatic rings. The van der Waals surface area contributed by atoms with Crippen molar-refractivity contribution in [2.75, 3.05) is 13.3 Å². The van der Waals surface area contributed by atoms with E-state index >= 15 is 0 Å². The number of phenols is 1. The molecule has 3 unspecified atom stereocenters. The summed E-state index contributed by atoms with van der Waals surface area (Å²) in [7, 11) is 0. The smallest absolute Gasteiger partial charge is 0.227 e. The first kappa shape index (κ1) is 26.2. The van der Waals surface area contributed by atoms with Gasteiger partial charge in [0.15, 0.2) is 11.5 Å². The van der Waals surface area contributed by atoms with E-state index in [9.17, 15) is 15.0 Å². The predicted molar refractivity (Wildman–Crippen MR) is 135 cm³/mol. The number of unbranched alkanes of at least 4 members (excludes halogenated alkanes) is 4. The zero-order valence-electron chi connectivity index (χ0n) is 20.8. The van der Waals surface area contributed by atoms with E-state index in [1.54, 1.807) is 6.07 Å². The number of carbonyl (C=O) groups is 1. The van der Waals surface area contributed by atoms with Gasteiger partial charge in [-0.05, 0) is 43.0 Å². The second-order valence-electron chi connectivity index (χ2n) is 9.55. The fourth-order valence-electron chi connectivity index (χ4n) is 4.68. The average molecular weight is 470 g/mol. The van der Waals surface area contributed by atoms with Gasteiger partial charge in [0.2, 0.25) is 6.73 Å². The molecule has 0 bridgehead atoms. The molecule has 1 aromatic rings. The molecule has 34 heavy (non-hydrogen) atoms. The molecule has 0 aromatic heterocycles. The number of benzene rings is 1. The average Bonchev–Trinajstić information content (AvgIpc) is 3.42. The molecule has 0 amide bonds. The Hall–Kier alpha value is -2.44. The number of nitrogens with zero attached hydrogens (tertiary/aromatic N) is 1. The van der Waals surface area contributed by atoms with Gasteiger partial charge in [0.25, 0.3) is 0 Å². The van der Waals surface area contributed by atoms with E-state index in [1.807, 2.05) is 24.4 Å². The van der Waals surface area contributed by atoms with Gasteiger partial charge in [-0.2, -0.15) is 0 Å². The van der Waals surface area contributed by atoms with Crippen LogP contribution in [-0.2, 0) is 11.2 Å². The van der Waals surface area contributed by atoms with Crippen molar-refractivity contribution in [1.29, 1.82) is 0 Å². The third kappa shape index (κ3) is 7.54. The van der Waals surface area contributed by atoms with Crippen LogP contribution in [0, 0.1) is 5.92 Å². The summed E-state index contributed by atoms with van der Waals surface area (Å²) in [6.07, 6.45) is 14.1. The zero-order chi connectivity index (χ0) is 24.3. The number of hydrogen-bond acceptors (Lipinski definition) is 5. The summed E-state index contributed by atoms with van der Waals surface area (Å²) in [6, 6.07) is 5.30. The van der Waals surface area contributed by atoms with E-state index in [-0.39, 0.29) is 17.5 Å². The van der Waals surface area contributed by atoms with Crippen LogP contribution in [0.25, 0.3) is 0 Å². The third-order valence-corrected chi connectivity index (χ3v) is 6.77. The van der Waals surface area contributed by atoms with Crippen molar-refractivity contribution in [3.8, 4) is 11.5 Å². The number of fused-ring (bicyclic) bond motifs is 1. The number of ether oxygens (including phenoxy) is 1. The molecule has 3 rings (SSSR count). The number of allylic oxidation sites excluding steroid dienone is 1. The van der Waals surface area contributed by atoms with Gasteiger partial charge in [0.05, 0.1) is 11.7 Å². The van der Waals surface area contributed by atoms with Gasteiger partial charge >= 0.3 is 0 Å². The Morgan fingerprint density at radius 1 is 1.15 bits per heavy atom. The van der Waals surface area contributed by atoms with E-state index in [2.05, 4.69) is 25.0 Å². The largest absolute Gasteiger partial charge is 0.504 e. The minimum Gasteiger partial charge on any atom is -0.504 e. The molecule has 0 fully saturated rings. The van der Waals surface area contributed by atoms with Gasteiger partial charge in [-0.15, -0.1) is 0 Å². The highest BCUT2D eigenvalue weighted by Gasteiger charge is 2.26. The molecule has 186 valence electrons. The van der Waals surface area contributed by atoms with Crippen LogP contribution >= 0.6 is 0 Å². The molecule has 0 radical (unpaired) electrons. The van der Waals surface area contributed by atoms with Crippen LogP contribution in [0.2, 0.25) is 0 Å². The monoisotopic (exact) mass is 469 g/mol. The summed E-state index contributed by atoms with van der Waals surface area (Å²) in [5.74, 6) is 0.399. The van der Waals surface area contributed by atoms with Crippen molar-refractivity contribution in [3.05, 3.63) is 47.8 Å². The van der Waals surface area contributed by atoms with Crippen LogP contribution in [-0.4, -0.2) is 41.1 Å². The molecule has 3 atom stereocenters. The molecule has 6 heteroatoms. The van der Waals surface area contributed by atoms with Crippen molar-refractivity contribution in [2.24, 2.45) is 10.9 Å². The number of hydrogen-bond donors (Lipinski definition) is 3. The Morgan fingerprint density at radius 3 is 2.65 bits per heavy atom. The highest BCUT2D eigenvalue weighted by molar-refractivity contribution is 6.06. The predicted octanol–water partition coefficient (Wildman–Crippen LogP) is 4.12. The summed E-state index contributed by atoms with van der Waals surface area (Å²) in [4.78, 5) is 18.5. The molecule has 0 saturated heterocycles. The lowest BCUT2D eigenvalue weighted by Crippen LogP contribution is -3.07. The quantitative estimate of drug-likeness (QED) is 0.318. The number of aliphatic hydroxyl groups excluding tert-OH is 1. The number of carbonyl (C=O) groups excluding carboxylic acids is 1. The number of aliphatic imine (C=N–C) groups is 1. The molecule has 2 aliphatic heterocycles. The Bertz CT molecular complexity index is 906. The van der Waals surface area contributed by atoms with Crippen LogP contribution in [0.4, 0.5) is 0 Å². The van der Waals surface area contributed by atoms with Crippen molar-refractivity contribution in [3.63, 3.8) is 0 Å². The van der Waals surface area contributed by atoms with Gasteiger partial charge in [-0.3, -0.25) is 14.7 Å². The molecule has 3 N–H and O–H groups in total. The molecule has 2 heterocycles. The Morgan fingerprint density at radius 2 is 1.91 bits per heavy atom. The fourth-order valence-corrected chi connectivity index (χ4v) is 4.68. The number of phenolic OH excluding ortho intramolecular Hbond substituents is 1. The number of aliphatic hydroxyl groups is 1. The lowest BCUT2D eigenvalue weighted by Gasteiger charge is -2.22. The van der Waals surface area contributed by atoms with E-state index in [0.29, 0.717) is 31.7 Å². The first-order valence-electron chi connectivity index (χ1n) is 13.0. The summed E-state index contributed by atoms with van der Waals surface area (Å²) in [6.45, 7) is 5.47. The lowest BCUT2D eigenvalue weighted by molar-refractivity contribution is -0.851. The van der Waals surface area contributed by atoms with Gasteiger partial charge in [-0.1, -0.05) is 58.4 Å². The number of ketones is 1. The van der Waals surface area contributed by atoms with E-state index < -0.39 is 6.10 Å². The maximum atomic E-state index is 13.1. The van der Waals surface area contributed by atoms with Crippen LogP contribution in [0.1, 0.15) is 77.2 Å². The highest BCUT2D eigenvalue weighted by Crippen LogP contribution is 2.28. The molecule has 1 aromatic carbocycles. The minimum absolute atomic E-state index is 0.0996. The van der Waals surface area contributed by atoms with Gasteiger partial charge < -0.3 is 14.9 Å². The van der Waals surface area contributed by atoms with Crippen molar-refractivity contribution in [1.82, 2.24) is 0 Å². The Balaban J connectivity index is 1.53. The van der Waals surface area contributed by atoms with Crippen molar-refractivity contribution >= 4 is 11.5 Å². The lowest BCUT2D eigenvalue weighted by atomic mass is 9.86. The van der Waals surface area contributed by atoms with Gasteiger partial charge in [0, 0.05) is 18.5 Å². The summed E-state index contributed by atoms with van der Waals surface area (Å²) in [5, 5.41) is 21.0. The van der Waals surface area contributed by atoms with E-state index in [0.717, 1.165) is 73.2 Å².